The summed E-state index contributed by atoms with van der Waals surface area (Å²) in [5, 5.41) is 8.94. The van der Waals surface area contributed by atoms with Crippen LogP contribution in [-0.2, 0) is 0 Å². The van der Waals surface area contributed by atoms with Crippen LogP contribution >= 0.6 is 0 Å². The number of halogens is 1. The molecule has 2 rings (SSSR count). The molecule has 0 radical (unpaired) electrons. The Bertz CT molecular complexity index is 644. The van der Waals surface area contributed by atoms with Crippen molar-refractivity contribution in [3.8, 4) is 5.69 Å². The van der Waals surface area contributed by atoms with Crippen LogP contribution < -0.4 is 11.4 Å². The van der Waals surface area contributed by atoms with E-state index in [1.807, 2.05) is 0 Å². The number of aromatic carboxylic acids is 1. The first kappa shape index (κ1) is 10.9. The highest BCUT2D eigenvalue weighted by atomic mass is 19.1. The molecule has 0 atom stereocenters. The molecular formula is C10H8FN3O3. The van der Waals surface area contributed by atoms with Gasteiger partial charge in [0, 0.05) is 0 Å². The Morgan fingerprint density at radius 3 is 2.76 bits per heavy atom. The molecule has 0 saturated carbocycles. The second-order valence-electron chi connectivity index (χ2n) is 3.31. The maximum atomic E-state index is 13.0. The molecular weight excluding hydrogens is 229 g/mol. The average molecular weight is 237 g/mol. The predicted octanol–water partition coefficient (Wildman–Crippen LogP) is 0.585. The Balaban J connectivity index is 2.75. The van der Waals surface area contributed by atoms with E-state index in [0.717, 1.165) is 10.6 Å². The van der Waals surface area contributed by atoms with Gasteiger partial charge in [-0.1, -0.05) is 6.07 Å². The Labute approximate surface area is 94.1 Å². The van der Waals surface area contributed by atoms with E-state index in [-0.39, 0.29) is 11.5 Å². The summed E-state index contributed by atoms with van der Waals surface area (Å²) in [7, 11) is 0. The van der Waals surface area contributed by atoms with Gasteiger partial charge in [0.1, 0.15) is 11.6 Å². The minimum Gasteiger partial charge on any atom is -0.476 e. The van der Waals surface area contributed by atoms with Crippen LogP contribution in [0.25, 0.3) is 5.69 Å². The number of carboxylic acid groups (broad SMARTS) is 1. The number of nitrogens with two attached hydrogens (primary N) is 1. The standard InChI is InChI=1S/C10H8FN3O3/c11-5-2-1-3-6(4-5)14-7(9(15)16)8(12)13-10(14)17/h1-4H,12H2,(H,13,17)(H,15,16). The fraction of sp³-hybridized carbons (Fsp3) is 0. The van der Waals surface area contributed by atoms with Gasteiger partial charge in [0.25, 0.3) is 0 Å². The molecule has 1 heterocycles. The molecule has 6 nitrogen and oxygen atoms in total. The zero-order valence-corrected chi connectivity index (χ0v) is 8.48. The summed E-state index contributed by atoms with van der Waals surface area (Å²) in [5.74, 6) is -2.22. The normalized spacial score (nSPS) is 10.4. The third-order valence-corrected chi connectivity index (χ3v) is 2.19. The highest BCUT2D eigenvalue weighted by Gasteiger charge is 2.19. The number of rotatable bonds is 2. The van der Waals surface area contributed by atoms with Gasteiger partial charge in [0.2, 0.25) is 0 Å². The Kier molecular flexibility index (Phi) is 2.43. The van der Waals surface area contributed by atoms with Crippen LogP contribution in [0.4, 0.5) is 10.2 Å². The van der Waals surface area contributed by atoms with Crippen molar-refractivity contribution in [2.24, 2.45) is 0 Å². The third-order valence-electron chi connectivity index (χ3n) is 2.19. The zero-order valence-electron chi connectivity index (χ0n) is 8.48. The average Bonchev–Trinajstić information content (AvgIpc) is 2.53. The van der Waals surface area contributed by atoms with Gasteiger partial charge in [-0.15, -0.1) is 0 Å². The molecule has 4 N–H and O–H groups in total. The molecule has 0 saturated heterocycles. The van der Waals surface area contributed by atoms with Gasteiger partial charge >= 0.3 is 11.7 Å². The highest BCUT2D eigenvalue weighted by Crippen LogP contribution is 2.14. The van der Waals surface area contributed by atoms with E-state index in [1.54, 1.807) is 0 Å². The van der Waals surface area contributed by atoms with E-state index < -0.39 is 23.2 Å². The van der Waals surface area contributed by atoms with Crippen molar-refractivity contribution in [3.63, 3.8) is 0 Å². The first-order valence-electron chi connectivity index (χ1n) is 4.60. The van der Waals surface area contributed by atoms with Crippen molar-refractivity contribution < 1.29 is 14.3 Å². The summed E-state index contributed by atoms with van der Waals surface area (Å²) in [6, 6.07) is 5.00. The number of carboxylic acids is 1. The van der Waals surface area contributed by atoms with Crippen LogP contribution in [0.5, 0.6) is 0 Å². The van der Waals surface area contributed by atoms with Gasteiger partial charge in [-0.2, -0.15) is 0 Å². The van der Waals surface area contributed by atoms with Gasteiger partial charge in [0.15, 0.2) is 5.69 Å². The van der Waals surface area contributed by atoms with Gasteiger partial charge in [-0.05, 0) is 18.2 Å². The summed E-state index contributed by atoms with van der Waals surface area (Å²) in [5.41, 5.74) is 4.32. The number of imidazole rings is 1. The molecule has 2 aromatic rings. The predicted molar refractivity (Wildman–Crippen MR) is 57.7 cm³/mol. The fourth-order valence-corrected chi connectivity index (χ4v) is 1.52. The number of nitrogens with one attached hydrogen (secondary N) is 1. The highest BCUT2D eigenvalue weighted by molar-refractivity contribution is 5.91. The van der Waals surface area contributed by atoms with Crippen LogP contribution in [0.15, 0.2) is 29.1 Å². The molecule has 0 bridgehead atoms. The molecule has 7 heteroatoms. The molecule has 88 valence electrons. The molecule has 0 amide bonds. The van der Waals surface area contributed by atoms with Gasteiger partial charge in [-0.25, -0.2) is 14.0 Å². The van der Waals surface area contributed by atoms with Gasteiger partial charge < -0.3 is 10.8 Å². The van der Waals surface area contributed by atoms with Crippen molar-refractivity contribution in [1.29, 1.82) is 0 Å². The SMILES string of the molecule is Nc1[nH]c(=O)n(-c2cccc(F)c2)c1C(=O)O. The first-order chi connectivity index (χ1) is 8.00. The van der Waals surface area contributed by atoms with E-state index in [0.29, 0.717) is 0 Å². The maximum absolute atomic E-state index is 13.0. The molecule has 0 aliphatic carbocycles. The first-order valence-corrected chi connectivity index (χ1v) is 4.60. The number of hydrogen-bond acceptors (Lipinski definition) is 3. The Morgan fingerprint density at radius 2 is 2.18 bits per heavy atom. The van der Waals surface area contributed by atoms with Crippen molar-refractivity contribution in [2.45, 2.75) is 0 Å². The summed E-state index contributed by atoms with van der Waals surface area (Å²) >= 11 is 0. The molecule has 0 aliphatic rings. The second-order valence-corrected chi connectivity index (χ2v) is 3.31. The van der Waals surface area contributed by atoms with E-state index in [9.17, 15) is 14.0 Å². The zero-order chi connectivity index (χ0) is 12.6. The number of anilines is 1. The van der Waals surface area contributed by atoms with E-state index >= 15 is 0 Å². The van der Waals surface area contributed by atoms with E-state index in [1.165, 1.54) is 18.2 Å². The summed E-state index contributed by atoms with van der Waals surface area (Å²) in [4.78, 5) is 24.6. The van der Waals surface area contributed by atoms with Crippen LogP contribution in [0.2, 0.25) is 0 Å². The molecule has 1 aromatic heterocycles. The van der Waals surface area contributed by atoms with Gasteiger partial charge in [0.05, 0.1) is 5.69 Å². The van der Waals surface area contributed by atoms with E-state index in [2.05, 4.69) is 4.98 Å². The largest absolute Gasteiger partial charge is 0.476 e. The molecule has 17 heavy (non-hydrogen) atoms. The number of aromatic nitrogens is 2. The van der Waals surface area contributed by atoms with E-state index in [4.69, 9.17) is 10.8 Å². The number of carbonyl (C=O) groups is 1. The minimum absolute atomic E-state index is 0.0975. The number of H-pyrrole nitrogens is 1. The lowest BCUT2D eigenvalue weighted by Crippen LogP contribution is -2.19. The fourth-order valence-electron chi connectivity index (χ4n) is 1.52. The Hall–Kier alpha value is -2.57. The second kappa shape index (κ2) is 3.78. The van der Waals surface area contributed by atoms with Gasteiger partial charge in [-0.3, -0.25) is 9.55 Å². The van der Waals surface area contributed by atoms with Crippen LogP contribution in [0.1, 0.15) is 10.5 Å². The Morgan fingerprint density at radius 1 is 1.47 bits per heavy atom. The summed E-state index contributed by atoms with van der Waals surface area (Å²) in [6.07, 6.45) is 0. The molecule has 0 unspecified atom stereocenters. The maximum Gasteiger partial charge on any atom is 0.356 e. The molecule has 0 aliphatic heterocycles. The van der Waals surface area contributed by atoms with Crippen LogP contribution in [0, 0.1) is 5.82 Å². The lowest BCUT2D eigenvalue weighted by atomic mass is 10.3. The number of nitrogen functional groups attached to an aromatic ring is 1. The number of nitrogens with zero attached hydrogens (tertiary/aromatic N) is 1. The van der Waals surface area contributed by atoms with Crippen molar-refractivity contribution >= 4 is 11.8 Å². The third kappa shape index (κ3) is 1.78. The van der Waals surface area contributed by atoms with Crippen LogP contribution in [-0.4, -0.2) is 20.6 Å². The molecule has 0 spiro atoms. The summed E-state index contributed by atoms with van der Waals surface area (Å²) in [6.45, 7) is 0. The molecule has 0 fully saturated rings. The minimum atomic E-state index is -1.37. The number of benzene rings is 1. The van der Waals surface area contributed by atoms with Crippen molar-refractivity contribution in [3.05, 3.63) is 46.3 Å². The number of aromatic amines is 1. The number of hydrogen-bond donors (Lipinski definition) is 3. The lowest BCUT2D eigenvalue weighted by Gasteiger charge is -2.04. The smallest absolute Gasteiger partial charge is 0.356 e. The van der Waals surface area contributed by atoms with Crippen molar-refractivity contribution in [2.75, 3.05) is 5.73 Å². The van der Waals surface area contributed by atoms with Crippen LogP contribution in [0.3, 0.4) is 0 Å². The lowest BCUT2D eigenvalue weighted by molar-refractivity contribution is 0.0689. The molecule has 1 aromatic carbocycles. The topological polar surface area (TPSA) is 101 Å². The monoisotopic (exact) mass is 237 g/mol. The summed E-state index contributed by atoms with van der Waals surface area (Å²) < 4.78 is 13.8. The quantitative estimate of drug-likeness (QED) is 0.711. The van der Waals surface area contributed by atoms with Crippen molar-refractivity contribution in [1.82, 2.24) is 9.55 Å².